The number of sulfonamides is 1. The van der Waals surface area contributed by atoms with Gasteiger partial charge in [-0.25, -0.2) is 8.42 Å². The largest absolute Gasteiger partial charge is 0.490 e. The first-order chi connectivity index (χ1) is 17.6. The highest BCUT2D eigenvalue weighted by molar-refractivity contribution is 7.92. The van der Waals surface area contributed by atoms with E-state index < -0.39 is 34.2 Å². The average molecular weight is 537 g/mol. The third kappa shape index (κ3) is 7.16. The molecule has 3 rings (SSSR count). The van der Waals surface area contributed by atoms with Crippen molar-refractivity contribution in [1.29, 1.82) is 0 Å². The van der Waals surface area contributed by atoms with Crippen LogP contribution < -0.4 is 19.1 Å². The van der Waals surface area contributed by atoms with Crippen LogP contribution in [0.2, 0.25) is 0 Å². The van der Waals surface area contributed by atoms with E-state index in [9.17, 15) is 26.4 Å². The number of amides is 1. The summed E-state index contributed by atoms with van der Waals surface area (Å²) in [6, 6.07) is 16.2. The van der Waals surface area contributed by atoms with E-state index in [2.05, 4.69) is 5.32 Å². The number of alkyl halides is 3. The maximum Gasteiger partial charge on any atom is 0.416 e. The lowest BCUT2D eigenvalue weighted by atomic mass is 10.2. The Hall–Kier alpha value is -3.73. The van der Waals surface area contributed by atoms with Crippen LogP contribution in [-0.4, -0.2) is 34.1 Å². The standard InChI is InChI=1S/C26H27F3N2O5S/c1-3-35-23-14-13-19(15-24(23)36-4-2)17-30-25(32)18-31(37(33,34)22-11-6-5-7-12-22)21-10-8-9-20(16-21)26(27,28)29/h5-16H,3-4,17-18H2,1-2H3,(H,30,32). The van der Waals surface area contributed by atoms with E-state index in [1.807, 2.05) is 13.8 Å². The Morgan fingerprint density at radius 2 is 1.57 bits per heavy atom. The number of nitrogens with zero attached hydrogens (tertiary/aromatic N) is 1. The van der Waals surface area contributed by atoms with Gasteiger partial charge in [0.1, 0.15) is 6.54 Å². The van der Waals surface area contributed by atoms with E-state index >= 15 is 0 Å². The molecule has 0 aromatic heterocycles. The second-order valence-electron chi connectivity index (χ2n) is 7.80. The van der Waals surface area contributed by atoms with Gasteiger partial charge in [-0.1, -0.05) is 30.3 Å². The normalized spacial score (nSPS) is 11.6. The summed E-state index contributed by atoms with van der Waals surface area (Å²) in [4.78, 5) is 12.7. The highest BCUT2D eigenvalue weighted by Gasteiger charge is 2.33. The molecule has 0 bridgehead atoms. The fraction of sp³-hybridized carbons (Fsp3) is 0.269. The highest BCUT2D eigenvalue weighted by atomic mass is 32.2. The Balaban J connectivity index is 1.86. The highest BCUT2D eigenvalue weighted by Crippen LogP contribution is 2.33. The molecule has 37 heavy (non-hydrogen) atoms. The van der Waals surface area contributed by atoms with Crippen LogP contribution in [0.5, 0.6) is 11.5 Å². The number of halogens is 3. The Morgan fingerprint density at radius 1 is 0.892 bits per heavy atom. The molecule has 0 unspecified atom stereocenters. The lowest BCUT2D eigenvalue weighted by Gasteiger charge is -2.25. The molecule has 0 spiro atoms. The summed E-state index contributed by atoms with van der Waals surface area (Å²) in [5.41, 5.74) is -0.651. The van der Waals surface area contributed by atoms with E-state index in [1.165, 1.54) is 30.3 Å². The smallest absolute Gasteiger partial charge is 0.416 e. The summed E-state index contributed by atoms with van der Waals surface area (Å²) < 4.78 is 78.4. The van der Waals surface area contributed by atoms with Crippen molar-refractivity contribution in [3.8, 4) is 11.5 Å². The molecular formula is C26H27F3N2O5S. The third-order valence-corrected chi connectivity index (χ3v) is 6.97. The number of rotatable bonds is 11. The fourth-order valence-electron chi connectivity index (χ4n) is 3.46. The first-order valence-corrected chi connectivity index (χ1v) is 12.9. The molecule has 0 radical (unpaired) electrons. The molecule has 0 aliphatic carbocycles. The number of anilines is 1. The van der Waals surface area contributed by atoms with Crippen molar-refractivity contribution in [3.63, 3.8) is 0 Å². The molecule has 0 fully saturated rings. The van der Waals surface area contributed by atoms with Gasteiger partial charge in [0.25, 0.3) is 10.0 Å². The minimum atomic E-state index is -4.69. The first kappa shape index (κ1) is 27.9. The number of benzene rings is 3. The summed E-state index contributed by atoms with van der Waals surface area (Å²) in [6.45, 7) is 3.81. The summed E-state index contributed by atoms with van der Waals surface area (Å²) in [7, 11) is -4.35. The lowest BCUT2D eigenvalue weighted by Crippen LogP contribution is -2.40. The topological polar surface area (TPSA) is 84.9 Å². The van der Waals surface area contributed by atoms with Gasteiger partial charge in [-0.3, -0.25) is 9.10 Å². The number of hydrogen-bond donors (Lipinski definition) is 1. The molecule has 0 saturated heterocycles. The third-order valence-electron chi connectivity index (χ3n) is 5.18. The molecule has 1 amide bonds. The van der Waals surface area contributed by atoms with Crippen LogP contribution >= 0.6 is 0 Å². The molecule has 3 aromatic carbocycles. The summed E-state index contributed by atoms with van der Waals surface area (Å²) in [5.74, 6) is 0.334. The number of hydrogen-bond acceptors (Lipinski definition) is 5. The van der Waals surface area contributed by atoms with Crippen molar-refractivity contribution in [1.82, 2.24) is 5.32 Å². The van der Waals surface area contributed by atoms with Gasteiger partial charge in [0.2, 0.25) is 5.91 Å². The van der Waals surface area contributed by atoms with Crippen molar-refractivity contribution >= 4 is 21.6 Å². The monoisotopic (exact) mass is 536 g/mol. The molecule has 0 saturated carbocycles. The van der Waals surface area contributed by atoms with Gasteiger partial charge in [-0.2, -0.15) is 13.2 Å². The summed E-state index contributed by atoms with van der Waals surface area (Å²) in [5, 5.41) is 2.62. The number of ether oxygens (including phenoxy) is 2. The summed E-state index contributed by atoms with van der Waals surface area (Å²) in [6.07, 6.45) is -4.69. The van der Waals surface area contributed by atoms with Crippen LogP contribution in [0.15, 0.2) is 77.7 Å². The zero-order valence-electron chi connectivity index (χ0n) is 20.3. The molecule has 1 N–H and O–H groups in total. The van der Waals surface area contributed by atoms with Gasteiger partial charge in [0.15, 0.2) is 11.5 Å². The molecule has 0 atom stereocenters. The van der Waals surface area contributed by atoms with Gasteiger partial charge in [0, 0.05) is 6.54 Å². The maximum absolute atomic E-state index is 13.4. The molecule has 0 aliphatic rings. The zero-order chi connectivity index (χ0) is 27.1. The van der Waals surface area contributed by atoms with Crippen LogP contribution in [-0.2, 0) is 27.5 Å². The van der Waals surface area contributed by atoms with E-state index in [0.29, 0.717) is 40.6 Å². The van der Waals surface area contributed by atoms with E-state index in [-0.39, 0.29) is 17.1 Å². The Labute approximate surface area is 213 Å². The predicted octanol–water partition coefficient (Wildman–Crippen LogP) is 5.01. The second-order valence-corrected chi connectivity index (χ2v) is 9.66. The molecule has 198 valence electrons. The fourth-order valence-corrected chi connectivity index (χ4v) is 4.90. The quantitative estimate of drug-likeness (QED) is 0.372. The van der Waals surface area contributed by atoms with Crippen LogP contribution in [0.1, 0.15) is 25.0 Å². The van der Waals surface area contributed by atoms with Gasteiger partial charge >= 0.3 is 6.18 Å². The SMILES string of the molecule is CCOc1ccc(CNC(=O)CN(c2cccc(C(F)(F)F)c2)S(=O)(=O)c2ccccc2)cc1OCC. The maximum atomic E-state index is 13.4. The average Bonchev–Trinajstić information content (AvgIpc) is 2.87. The van der Waals surface area contributed by atoms with Gasteiger partial charge in [-0.15, -0.1) is 0 Å². The molecule has 0 aliphatic heterocycles. The van der Waals surface area contributed by atoms with Crippen molar-refractivity contribution in [2.24, 2.45) is 0 Å². The first-order valence-electron chi connectivity index (χ1n) is 11.5. The molecule has 7 nitrogen and oxygen atoms in total. The van der Waals surface area contributed by atoms with E-state index in [0.717, 1.165) is 12.1 Å². The minimum absolute atomic E-state index is 0.0348. The van der Waals surface area contributed by atoms with Crippen LogP contribution in [0.25, 0.3) is 0 Å². The minimum Gasteiger partial charge on any atom is -0.490 e. The second kappa shape index (κ2) is 12.0. The van der Waals surface area contributed by atoms with Gasteiger partial charge < -0.3 is 14.8 Å². The summed E-state index contributed by atoms with van der Waals surface area (Å²) >= 11 is 0. The van der Waals surface area contributed by atoms with Crippen LogP contribution in [0, 0.1) is 0 Å². The number of carbonyl (C=O) groups is 1. The number of nitrogens with one attached hydrogen (secondary N) is 1. The molecular weight excluding hydrogens is 509 g/mol. The lowest BCUT2D eigenvalue weighted by molar-refractivity contribution is -0.137. The zero-order valence-corrected chi connectivity index (χ0v) is 21.1. The Kier molecular flexibility index (Phi) is 9.04. The van der Waals surface area contributed by atoms with Crippen molar-refractivity contribution in [3.05, 3.63) is 83.9 Å². The van der Waals surface area contributed by atoms with Crippen LogP contribution in [0.4, 0.5) is 18.9 Å². The van der Waals surface area contributed by atoms with Crippen molar-refractivity contribution in [2.75, 3.05) is 24.1 Å². The Bertz CT molecular complexity index is 1320. The van der Waals surface area contributed by atoms with Gasteiger partial charge in [0.05, 0.1) is 29.4 Å². The molecule has 11 heteroatoms. The predicted molar refractivity (Wildman–Crippen MR) is 133 cm³/mol. The van der Waals surface area contributed by atoms with Crippen molar-refractivity contribution < 1.29 is 35.9 Å². The number of carbonyl (C=O) groups excluding carboxylic acids is 1. The van der Waals surface area contributed by atoms with Crippen molar-refractivity contribution in [2.45, 2.75) is 31.5 Å². The van der Waals surface area contributed by atoms with Gasteiger partial charge in [-0.05, 0) is 61.9 Å². The molecule has 3 aromatic rings. The Morgan fingerprint density at radius 3 is 2.22 bits per heavy atom. The van der Waals surface area contributed by atoms with Crippen LogP contribution in [0.3, 0.4) is 0 Å². The van der Waals surface area contributed by atoms with E-state index in [4.69, 9.17) is 9.47 Å². The van der Waals surface area contributed by atoms with E-state index in [1.54, 1.807) is 24.3 Å². The molecule has 0 heterocycles.